The Morgan fingerprint density at radius 1 is 0.424 bits per heavy atom. The minimum atomic E-state index is -0.0759. The van der Waals surface area contributed by atoms with Gasteiger partial charge < -0.3 is 0 Å². The Balaban J connectivity index is 1.54. The number of hydrogen-bond donors (Lipinski definition) is 0. The van der Waals surface area contributed by atoms with E-state index in [9.17, 15) is 0 Å². The van der Waals surface area contributed by atoms with Crippen LogP contribution in [0.15, 0.2) is 126 Å². The zero-order chi connectivity index (χ0) is 42.2. The first-order chi connectivity index (χ1) is 28.2. The minimum Gasteiger partial charge on any atom is -0.0857 e. The highest BCUT2D eigenvalue weighted by Crippen LogP contribution is 2.44. The Morgan fingerprint density at radius 2 is 0.678 bits per heavy atom. The van der Waals surface area contributed by atoms with Crippen LogP contribution < -0.4 is 0 Å². The Hall–Kier alpha value is -5.02. The molecule has 7 rings (SSSR count). The van der Waals surface area contributed by atoms with Gasteiger partial charge in [0, 0.05) is 9.59 Å². The fraction of sp³-hybridized carbons (Fsp3) is 0.246. The summed E-state index contributed by atoms with van der Waals surface area (Å²) < 4.78 is 1.87. The van der Waals surface area contributed by atoms with E-state index in [1.54, 1.807) is 11.8 Å². The van der Waals surface area contributed by atoms with Crippen molar-refractivity contribution in [2.24, 2.45) is 0 Å². The topological polar surface area (TPSA) is 0 Å². The highest BCUT2D eigenvalue weighted by molar-refractivity contribution is 8.20. The van der Waals surface area contributed by atoms with E-state index in [0.29, 0.717) is 0 Å². The highest BCUT2D eigenvalue weighted by atomic mass is 32.2. The molecule has 0 bridgehead atoms. The van der Waals surface area contributed by atoms with Gasteiger partial charge in [0.15, 0.2) is 0 Å². The summed E-state index contributed by atoms with van der Waals surface area (Å²) in [5.74, 6) is 0. The van der Waals surface area contributed by atoms with Crippen molar-refractivity contribution in [1.29, 1.82) is 0 Å². The quantitative estimate of drug-likeness (QED) is 0.0997. The maximum absolute atomic E-state index is 5.77. The standard InChI is InChI=1S/C57H58S2/c1-35-18-12-19-36(2)52(35)46-26-16-27-47(53-37(3)20-13-21-38(53)4)50(46)32-43-30-45(57(9,10)11)31-44(56(43)59-34-58)33-51-48(54-39(5)22-14-23-40(54)6)28-17-29-49(51)55-41(7)24-15-25-42(55)8/h12-31,34H,32-33H2,1-11H3. The average molecular weight is 807 g/mol. The van der Waals surface area contributed by atoms with Crippen LogP contribution >= 0.6 is 24.0 Å². The van der Waals surface area contributed by atoms with Crippen molar-refractivity contribution in [2.75, 3.05) is 0 Å². The van der Waals surface area contributed by atoms with Crippen LogP contribution in [-0.4, -0.2) is 4.70 Å². The third-order valence-electron chi connectivity index (χ3n) is 12.4. The van der Waals surface area contributed by atoms with E-state index in [1.807, 2.05) is 4.70 Å². The van der Waals surface area contributed by atoms with Crippen molar-refractivity contribution in [1.82, 2.24) is 0 Å². The molecular weight excluding hydrogens is 749 g/mol. The van der Waals surface area contributed by atoms with E-state index in [0.717, 1.165) is 12.8 Å². The molecule has 298 valence electrons. The molecule has 0 aromatic heterocycles. The smallest absolute Gasteiger partial charge is 0.0391 e. The summed E-state index contributed by atoms with van der Waals surface area (Å²) in [6.45, 7) is 25.1. The van der Waals surface area contributed by atoms with Crippen LogP contribution in [0.5, 0.6) is 0 Å². The van der Waals surface area contributed by atoms with Crippen LogP contribution in [0.4, 0.5) is 0 Å². The number of aryl methyl sites for hydroxylation is 8. The second-order valence-electron chi connectivity index (χ2n) is 17.7. The first-order valence-electron chi connectivity index (χ1n) is 21.0. The molecule has 0 heterocycles. The van der Waals surface area contributed by atoms with Gasteiger partial charge in [0.25, 0.3) is 0 Å². The van der Waals surface area contributed by atoms with E-state index in [-0.39, 0.29) is 5.41 Å². The second kappa shape index (κ2) is 17.3. The first kappa shape index (κ1) is 42.1. The lowest BCUT2D eigenvalue weighted by Gasteiger charge is -2.27. The van der Waals surface area contributed by atoms with Gasteiger partial charge in [0.1, 0.15) is 0 Å². The summed E-state index contributed by atoms with van der Waals surface area (Å²) in [6, 6.07) is 45.6. The van der Waals surface area contributed by atoms with E-state index in [4.69, 9.17) is 12.2 Å². The third kappa shape index (κ3) is 8.41. The van der Waals surface area contributed by atoms with Gasteiger partial charge in [0.05, 0.1) is 0 Å². The fourth-order valence-electron chi connectivity index (χ4n) is 9.48. The van der Waals surface area contributed by atoms with Crippen LogP contribution in [0.25, 0.3) is 44.5 Å². The molecule has 0 N–H and O–H groups in total. The number of rotatable bonds is 10. The van der Waals surface area contributed by atoms with Crippen molar-refractivity contribution >= 4 is 28.7 Å². The third-order valence-corrected chi connectivity index (χ3v) is 13.5. The molecule has 0 fully saturated rings. The van der Waals surface area contributed by atoms with E-state index < -0.39 is 0 Å². The molecule has 0 aliphatic heterocycles. The summed E-state index contributed by atoms with van der Waals surface area (Å²) in [5, 5.41) is 0. The van der Waals surface area contributed by atoms with Crippen molar-refractivity contribution in [3.63, 3.8) is 0 Å². The molecule has 59 heavy (non-hydrogen) atoms. The molecule has 0 nitrogen and oxygen atoms in total. The van der Waals surface area contributed by atoms with Gasteiger partial charge in [-0.2, -0.15) is 0 Å². The maximum atomic E-state index is 5.77. The number of thioether (sulfide) groups is 1. The molecule has 0 saturated carbocycles. The summed E-state index contributed by atoms with van der Waals surface area (Å²) >= 11 is 7.48. The van der Waals surface area contributed by atoms with Gasteiger partial charge in [-0.15, -0.1) is 0 Å². The van der Waals surface area contributed by atoms with Gasteiger partial charge in [-0.1, -0.05) is 166 Å². The van der Waals surface area contributed by atoms with Gasteiger partial charge in [-0.3, -0.25) is 0 Å². The molecule has 0 aliphatic rings. The lowest BCUT2D eigenvalue weighted by molar-refractivity contribution is 0.587. The lowest BCUT2D eigenvalue weighted by Crippen LogP contribution is -2.14. The molecule has 7 aromatic carbocycles. The van der Waals surface area contributed by atoms with Gasteiger partial charge in [-0.25, -0.2) is 0 Å². The van der Waals surface area contributed by atoms with Crippen LogP contribution in [0.2, 0.25) is 0 Å². The largest absolute Gasteiger partial charge is 0.0857 e. The normalized spacial score (nSPS) is 11.6. The molecule has 0 unspecified atom stereocenters. The molecule has 2 heteroatoms. The van der Waals surface area contributed by atoms with Gasteiger partial charge in [0.2, 0.25) is 0 Å². The Labute approximate surface area is 364 Å². The fourth-order valence-corrected chi connectivity index (χ4v) is 10.4. The number of thiocarbonyl (C=S) groups is 1. The molecule has 0 radical (unpaired) electrons. The molecule has 0 spiro atoms. The Bertz CT molecular complexity index is 2320. The summed E-state index contributed by atoms with van der Waals surface area (Å²) in [5.41, 5.74) is 27.5. The Kier molecular flexibility index (Phi) is 12.3. The summed E-state index contributed by atoms with van der Waals surface area (Å²) in [6.07, 6.45) is 1.55. The molecule has 0 amide bonds. The van der Waals surface area contributed by atoms with Gasteiger partial charge >= 0.3 is 0 Å². The SMILES string of the molecule is Cc1cccc(C)c1-c1cccc(-c2c(C)cccc2C)c1Cc1cc(C(C)(C)C)cc(Cc2c(-c3c(C)cccc3C)cccc2-c2c(C)cccc2C)c1SC=S. The molecule has 0 aliphatic carbocycles. The van der Waals surface area contributed by atoms with Crippen molar-refractivity contribution in [3.05, 3.63) is 194 Å². The number of benzene rings is 7. The summed E-state index contributed by atoms with van der Waals surface area (Å²) in [7, 11) is 0. The van der Waals surface area contributed by atoms with Crippen LogP contribution in [-0.2, 0) is 18.3 Å². The molecule has 0 atom stereocenters. The maximum Gasteiger partial charge on any atom is 0.0391 e. The number of hydrogen-bond acceptors (Lipinski definition) is 2. The predicted molar refractivity (Wildman–Crippen MR) is 263 cm³/mol. The van der Waals surface area contributed by atoms with Crippen molar-refractivity contribution in [3.8, 4) is 44.5 Å². The average Bonchev–Trinajstić information content (AvgIpc) is 3.17. The molecule has 0 saturated heterocycles. The lowest BCUT2D eigenvalue weighted by atomic mass is 9.79. The zero-order valence-electron chi connectivity index (χ0n) is 36.9. The minimum absolute atomic E-state index is 0.0759. The van der Waals surface area contributed by atoms with Crippen LogP contribution in [0.1, 0.15) is 93.1 Å². The van der Waals surface area contributed by atoms with E-state index >= 15 is 0 Å². The van der Waals surface area contributed by atoms with Crippen molar-refractivity contribution < 1.29 is 0 Å². The zero-order valence-corrected chi connectivity index (χ0v) is 38.5. The van der Waals surface area contributed by atoms with Crippen LogP contribution in [0.3, 0.4) is 0 Å². The first-order valence-corrected chi connectivity index (χ1v) is 22.3. The monoisotopic (exact) mass is 806 g/mol. The second-order valence-corrected chi connectivity index (χ2v) is 19.1. The van der Waals surface area contributed by atoms with Crippen molar-refractivity contribution in [2.45, 2.75) is 99.3 Å². The predicted octanol–water partition coefficient (Wildman–Crippen LogP) is 16.4. The summed E-state index contributed by atoms with van der Waals surface area (Å²) in [4.78, 5) is 1.26. The van der Waals surface area contributed by atoms with Gasteiger partial charge in [-0.05, 0) is 190 Å². The van der Waals surface area contributed by atoms with E-state index in [1.165, 1.54) is 122 Å². The Morgan fingerprint density at radius 3 is 0.915 bits per heavy atom. The highest BCUT2D eigenvalue weighted by Gasteiger charge is 2.25. The van der Waals surface area contributed by atoms with E-state index in [2.05, 4.69) is 197 Å². The molecule has 7 aromatic rings. The molecular formula is C57H58S2. The van der Waals surface area contributed by atoms with Crippen LogP contribution in [0, 0.1) is 55.4 Å².